The predicted molar refractivity (Wildman–Crippen MR) is 49.2 cm³/mol. The van der Waals surface area contributed by atoms with E-state index in [4.69, 9.17) is 0 Å². The Bertz CT molecular complexity index is 214. The molecular formula is C11H16O2. The van der Waals surface area contributed by atoms with Crippen LogP contribution in [0.3, 0.4) is 0 Å². The standard InChI is InChI=1S/C11H16O2/c12-6-5-11(13)10-7-8-1-3-9(10)4-2-8/h6,8-10H,1-5,7H2. The summed E-state index contributed by atoms with van der Waals surface area (Å²) in [7, 11) is 0. The number of rotatable bonds is 3. The van der Waals surface area contributed by atoms with E-state index in [0.717, 1.165) is 18.6 Å². The second-order valence-electron chi connectivity index (χ2n) is 4.46. The van der Waals surface area contributed by atoms with Gasteiger partial charge < -0.3 is 4.79 Å². The Labute approximate surface area is 78.7 Å². The van der Waals surface area contributed by atoms with Gasteiger partial charge in [0, 0.05) is 5.92 Å². The van der Waals surface area contributed by atoms with Crippen LogP contribution in [-0.2, 0) is 9.59 Å². The van der Waals surface area contributed by atoms with Crippen LogP contribution in [-0.4, -0.2) is 12.1 Å². The number of carbonyl (C=O) groups excluding carboxylic acids is 2. The van der Waals surface area contributed by atoms with Gasteiger partial charge in [-0.05, 0) is 31.1 Å². The molecule has 0 aromatic heterocycles. The van der Waals surface area contributed by atoms with Gasteiger partial charge in [0.1, 0.15) is 12.1 Å². The molecule has 2 nitrogen and oxygen atoms in total. The van der Waals surface area contributed by atoms with Crippen LogP contribution in [0.4, 0.5) is 0 Å². The van der Waals surface area contributed by atoms with Crippen molar-refractivity contribution in [2.45, 2.75) is 38.5 Å². The SMILES string of the molecule is O=CCC(=O)C1CC2CCC1CC2. The third-order valence-electron chi connectivity index (χ3n) is 3.75. The van der Waals surface area contributed by atoms with Gasteiger partial charge in [0.25, 0.3) is 0 Å². The first kappa shape index (κ1) is 8.92. The third kappa shape index (κ3) is 1.67. The summed E-state index contributed by atoms with van der Waals surface area (Å²) < 4.78 is 0. The predicted octanol–water partition coefficient (Wildman–Crippen LogP) is 1.97. The molecule has 3 aliphatic carbocycles. The van der Waals surface area contributed by atoms with Crippen molar-refractivity contribution in [1.82, 2.24) is 0 Å². The maximum Gasteiger partial charge on any atom is 0.143 e. The lowest BCUT2D eigenvalue weighted by molar-refractivity contribution is -0.129. The van der Waals surface area contributed by atoms with Crippen LogP contribution in [0, 0.1) is 17.8 Å². The molecule has 72 valence electrons. The minimum atomic E-state index is 0.147. The van der Waals surface area contributed by atoms with Gasteiger partial charge in [-0.15, -0.1) is 0 Å². The van der Waals surface area contributed by atoms with E-state index < -0.39 is 0 Å². The normalized spacial score (nSPS) is 37.4. The van der Waals surface area contributed by atoms with E-state index in [0.29, 0.717) is 5.92 Å². The molecule has 0 amide bonds. The van der Waals surface area contributed by atoms with E-state index in [-0.39, 0.29) is 18.1 Å². The molecule has 0 aromatic carbocycles. The third-order valence-corrected chi connectivity index (χ3v) is 3.75. The van der Waals surface area contributed by atoms with Crippen molar-refractivity contribution in [2.24, 2.45) is 17.8 Å². The molecule has 0 N–H and O–H groups in total. The minimum Gasteiger partial charge on any atom is -0.303 e. The van der Waals surface area contributed by atoms with E-state index in [1.165, 1.54) is 25.7 Å². The fraction of sp³-hybridized carbons (Fsp3) is 0.818. The summed E-state index contributed by atoms with van der Waals surface area (Å²) in [6, 6.07) is 0. The smallest absolute Gasteiger partial charge is 0.143 e. The molecule has 3 saturated carbocycles. The molecule has 3 aliphatic rings. The number of Topliss-reactive ketones (excluding diaryl/α,β-unsaturated/α-hetero) is 1. The van der Waals surface area contributed by atoms with Gasteiger partial charge in [-0.3, -0.25) is 4.79 Å². The lowest BCUT2D eigenvalue weighted by Crippen LogP contribution is -2.36. The molecule has 3 rings (SSSR count). The number of aldehydes is 1. The summed E-state index contributed by atoms with van der Waals surface area (Å²) in [5.74, 6) is 1.82. The molecule has 13 heavy (non-hydrogen) atoms. The van der Waals surface area contributed by atoms with Crippen molar-refractivity contribution in [2.75, 3.05) is 0 Å². The van der Waals surface area contributed by atoms with Crippen LogP contribution < -0.4 is 0 Å². The zero-order valence-electron chi connectivity index (χ0n) is 7.87. The first-order valence-electron chi connectivity index (χ1n) is 5.27. The van der Waals surface area contributed by atoms with Crippen LogP contribution >= 0.6 is 0 Å². The van der Waals surface area contributed by atoms with Crippen LogP contribution in [0.5, 0.6) is 0 Å². The molecule has 1 atom stereocenters. The highest BCUT2D eigenvalue weighted by molar-refractivity contribution is 5.91. The maximum absolute atomic E-state index is 11.6. The highest BCUT2D eigenvalue weighted by Crippen LogP contribution is 2.45. The topological polar surface area (TPSA) is 34.1 Å². The molecular weight excluding hydrogens is 164 g/mol. The van der Waals surface area contributed by atoms with Crippen LogP contribution in [0.2, 0.25) is 0 Å². The number of ketones is 1. The molecule has 0 heterocycles. The Morgan fingerprint density at radius 1 is 1.23 bits per heavy atom. The lowest BCUT2D eigenvalue weighted by Gasteiger charge is -2.41. The highest BCUT2D eigenvalue weighted by atomic mass is 16.1. The van der Waals surface area contributed by atoms with E-state index in [9.17, 15) is 9.59 Å². The summed E-state index contributed by atoms with van der Waals surface area (Å²) in [6.07, 6.45) is 7.04. The average molecular weight is 180 g/mol. The van der Waals surface area contributed by atoms with Crippen molar-refractivity contribution in [1.29, 1.82) is 0 Å². The molecule has 2 bridgehead atoms. The fourth-order valence-electron chi connectivity index (χ4n) is 3.01. The van der Waals surface area contributed by atoms with Crippen molar-refractivity contribution >= 4 is 12.1 Å². The highest BCUT2D eigenvalue weighted by Gasteiger charge is 2.38. The Hall–Kier alpha value is -0.660. The van der Waals surface area contributed by atoms with Crippen molar-refractivity contribution in [3.8, 4) is 0 Å². The second kappa shape index (κ2) is 3.60. The molecule has 3 fully saturated rings. The number of hydrogen-bond donors (Lipinski definition) is 0. The molecule has 2 heteroatoms. The Kier molecular flexibility index (Phi) is 2.47. The van der Waals surface area contributed by atoms with Gasteiger partial charge in [-0.2, -0.15) is 0 Å². The van der Waals surface area contributed by atoms with Gasteiger partial charge in [-0.1, -0.05) is 12.8 Å². The number of hydrogen-bond acceptors (Lipinski definition) is 2. The molecule has 0 saturated heterocycles. The first-order valence-corrected chi connectivity index (χ1v) is 5.27. The summed E-state index contributed by atoms with van der Waals surface area (Å²) in [5, 5.41) is 0. The van der Waals surface area contributed by atoms with Gasteiger partial charge in [0.05, 0.1) is 6.42 Å². The van der Waals surface area contributed by atoms with Gasteiger partial charge in [0.15, 0.2) is 0 Å². The van der Waals surface area contributed by atoms with Crippen LogP contribution in [0.1, 0.15) is 38.5 Å². The molecule has 1 unspecified atom stereocenters. The molecule has 0 aromatic rings. The zero-order valence-corrected chi connectivity index (χ0v) is 7.87. The van der Waals surface area contributed by atoms with Gasteiger partial charge in [-0.25, -0.2) is 0 Å². The largest absolute Gasteiger partial charge is 0.303 e. The Balaban J connectivity index is 2.00. The summed E-state index contributed by atoms with van der Waals surface area (Å²) in [4.78, 5) is 21.8. The Morgan fingerprint density at radius 3 is 2.38 bits per heavy atom. The zero-order chi connectivity index (χ0) is 9.26. The van der Waals surface area contributed by atoms with Crippen molar-refractivity contribution in [3.05, 3.63) is 0 Å². The van der Waals surface area contributed by atoms with E-state index in [1.54, 1.807) is 0 Å². The average Bonchev–Trinajstić information content (AvgIpc) is 2.20. The molecule has 0 aliphatic heterocycles. The first-order chi connectivity index (χ1) is 6.31. The lowest BCUT2D eigenvalue weighted by atomic mass is 9.63. The van der Waals surface area contributed by atoms with Gasteiger partial charge >= 0.3 is 0 Å². The molecule has 0 radical (unpaired) electrons. The van der Waals surface area contributed by atoms with Crippen molar-refractivity contribution < 1.29 is 9.59 Å². The van der Waals surface area contributed by atoms with E-state index in [1.807, 2.05) is 0 Å². The monoisotopic (exact) mass is 180 g/mol. The Morgan fingerprint density at radius 2 is 1.92 bits per heavy atom. The quantitative estimate of drug-likeness (QED) is 0.491. The number of fused-ring (bicyclic) bond motifs is 3. The van der Waals surface area contributed by atoms with E-state index in [2.05, 4.69) is 0 Å². The minimum absolute atomic E-state index is 0.147. The second-order valence-corrected chi connectivity index (χ2v) is 4.46. The number of carbonyl (C=O) groups is 2. The summed E-state index contributed by atoms with van der Waals surface area (Å²) >= 11 is 0. The van der Waals surface area contributed by atoms with Crippen LogP contribution in [0.25, 0.3) is 0 Å². The summed E-state index contributed by atoms with van der Waals surface area (Å²) in [5.41, 5.74) is 0. The molecule has 0 spiro atoms. The fourth-order valence-corrected chi connectivity index (χ4v) is 3.01. The van der Waals surface area contributed by atoms with Gasteiger partial charge in [0.2, 0.25) is 0 Å². The van der Waals surface area contributed by atoms with Crippen molar-refractivity contribution in [3.63, 3.8) is 0 Å². The van der Waals surface area contributed by atoms with E-state index >= 15 is 0 Å². The maximum atomic E-state index is 11.6. The van der Waals surface area contributed by atoms with Crippen LogP contribution in [0.15, 0.2) is 0 Å². The summed E-state index contributed by atoms with van der Waals surface area (Å²) in [6.45, 7) is 0.